The van der Waals surface area contributed by atoms with E-state index in [1.54, 1.807) is 22.9 Å². The Morgan fingerprint density at radius 2 is 1.57 bits per heavy atom. The van der Waals surface area contributed by atoms with Crippen LogP contribution in [-0.4, -0.2) is 14.8 Å². The average molecular weight is 339 g/mol. The van der Waals surface area contributed by atoms with Gasteiger partial charge in [0.15, 0.2) is 5.82 Å². The first-order valence-corrected chi connectivity index (χ1v) is 7.34. The Kier molecular flexibility index (Phi) is 3.89. The summed E-state index contributed by atoms with van der Waals surface area (Å²) in [6.07, 6.45) is 0. The first-order valence-electron chi connectivity index (χ1n) is 6.21. The SMILES string of the molecule is Cc1ccccc1-n1nc(-c2c(Cl)cccc2Cl)nc1Cl. The normalized spacial score (nSPS) is 10.9. The first-order chi connectivity index (χ1) is 10.1. The highest BCUT2D eigenvalue weighted by Crippen LogP contribution is 2.33. The van der Waals surface area contributed by atoms with Crippen molar-refractivity contribution in [3.8, 4) is 17.1 Å². The maximum atomic E-state index is 6.21. The molecular weight excluding hydrogens is 329 g/mol. The Morgan fingerprint density at radius 3 is 2.24 bits per heavy atom. The van der Waals surface area contributed by atoms with E-state index >= 15 is 0 Å². The Hall–Kier alpha value is -1.55. The molecule has 3 aromatic rings. The van der Waals surface area contributed by atoms with Crippen molar-refractivity contribution in [2.45, 2.75) is 6.92 Å². The molecule has 1 aromatic heterocycles. The average Bonchev–Trinajstić information content (AvgIpc) is 2.81. The molecule has 0 bridgehead atoms. The van der Waals surface area contributed by atoms with Crippen LogP contribution in [0.4, 0.5) is 0 Å². The quantitative estimate of drug-likeness (QED) is 0.642. The van der Waals surface area contributed by atoms with E-state index in [2.05, 4.69) is 10.1 Å². The van der Waals surface area contributed by atoms with Gasteiger partial charge in [-0.3, -0.25) is 0 Å². The Bertz CT molecular complexity index is 791. The fourth-order valence-electron chi connectivity index (χ4n) is 2.06. The number of benzene rings is 2. The number of halogens is 3. The van der Waals surface area contributed by atoms with Crippen LogP contribution in [0, 0.1) is 6.92 Å². The largest absolute Gasteiger partial charge is 0.226 e. The molecule has 2 aromatic carbocycles. The van der Waals surface area contributed by atoms with Gasteiger partial charge in [-0.25, -0.2) is 4.68 Å². The lowest BCUT2D eigenvalue weighted by Crippen LogP contribution is -1.99. The lowest BCUT2D eigenvalue weighted by atomic mass is 10.2. The van der Waals surface area contributed by atoms with Crippen LogP contribution in [0.1, 0.15) is 5.56 Å². The minimum Gasteiger partial charge on any atom is -0.203 e. The third kappa shape index (κ3) is 2.64. The summed E-state index contributed by atoms with van der Waals surface area (Å²) in [6.45, 7) is 1.98. The highest BCUT2D eigenvalue weighted by molar-refractivity contribution is 6.39. The number of hydrogen-bond donors (Lipinski definition) is 0. The number of nitrogens with zero attached hydrogens (tertiary/aromatic N) is 3. The zero-order valence-electron chi connectivity index (χ0n) is 11.0. The second-order valence-corrected chi connectivity index (χ2v) is 5.65. The molecule has 0 aliphatic heterocycles. The minimum absolute atomic E-state index is 0.260. The summed E-state index contributed by atoms with van der Waals surface area (Å²) in [7, 11) is 0. The van der Waals surface area contributed by atoms with Crippen LogP contribution in [0.25, 0.3) is 17.1 Å². The molecule has 0 aliphatic rings. The van der Waals surface area contributed by atoms with Crippen molar-refractivity contribution in [1.82, 2.24) is 14.8 Å². The predicted molar refractivity (Wildman–Crippen MR) is 86.6 cm³/mol. The molecule has 106 valence electrons. The smallest absolute Gasteiger partial charge is 0.203 e. The first kappa shape index (κ1) is 14.4. The van der Waals surface area contributed by atoms with Crippen molar-refractivity contribution in [2.24, 2.45) is 0 Å². The van der Waals surface area contributed by atoms with Crippen molar-refractivity contribution in [2.75, 3.05) is 0 Å². The van der Waals surface area contributed by atoms with Gasteiger partial charge in [0.1, 0.15) is 0 Å². The summed E-state index contributed by atoms with van der Waals surface area (Å²) in [5.41, 5.74) is 2.49. The summed E-state index contributed by atoms with van der Waals surface area (Å²) in [5, 5.41) is 5.67. The van der Waals surface area contributed by atoms with Crippen LogP contribution in [-0.2, 0) is 0 Å². The molecule has 0 aliphatic carbocycles. The monoisotopic (exact) mass is 337 g/mol. The van der Waals surface area contributed by atoms with Crippen LogP contribution < -0.4 is 0 Å². The van der Waals surface area contributed by atoms with Gasteiger partial charge in [-0.05, 0) is 42.3 Å². The van der Waals surface area contributed by atoms with Crippen LogP contribution in [0.2, 0.25) is 15.3 Å². The molecule has 0 saturated carbocycles. The zero-order valence-corrected chi connectivity index (χ0v) is 13.3. The summed E-state index contributed by atoms with van der Waals surface area (Å²) >= 11 is 18.6. The second kappa shape index (κ2) is 5.68. The van der Waals surface area contributed by atoms with Crippen molar-refractivity contribution in [1.29, 1.82) is 0 Å². The number of para-hydroxylation sites is 1. The third-order valence-corrected chi connectivity index (χ3v) is 3.97. The van der Waals surface area contributed by atoms with Gasteiger partial charge in [0.25, 0.3) is 0 Å². The van der Waals surface area contributed by atoms with Crippen LogP contribution in [0.15, 0.2) is 42.5 Å². The third-order valence-electron chi connectivity index (χ3n) is 3.10. The van der Waals surface area contributed by atoms with Crippen LogP contribution in [0.3, 0.4) is 0 Å². The van der Waals surface area contributed by atoms with Gasteiger partial charge in [0.05, 0.1) is 21.3 Å². The molecule has 3 rings (SSSR count). The molecule has 0 N–H and O–H groups in total. The van der Waals surface area contributed by atoms with Crippen LogP contribution >= 0.6 is 34.8 Å². The van der Waals surface area contributed by atoms with Crippen molar-refractivity contribution in [3.05, 3.63) is 63.4 Å². The van der Waals surface area contributed by atoms with Gasteiger partial charge in [-0.2, -0.15) is 4.98 Å². The maximum absolute atomic E-state index is 6.21. The van der Waals surface area contributed by atoms with E-state index in [1.807, 2.05) is 31.2 Å². The molecule has 0 atom stereocenters. The van der Waals surface area contributed by atoms with E-state index in [4.69, 9.17) is 34.8 Å². The van der Waals surface area contributed by atoms with E-state index in [0.29, 0.717) is 21.4 Å². The van der Waals surface area contributed by atoms with Crippen molar-refractivity contribution in [3.63, 3.8) is 0 Å². The van der Waals surface area contributed by atoms with E-state index < -0.39 is 0 Å². The van der Waals surface area contributed by atoms with Gasteiger partial charge >= 0.3 is 0 Å². The van der Waals surface area contributed by atoms with E-state index in [-0.39, 0.29) is 5.28 Å². The van der Waals surface area contributed by atoms with E-state index in [0.717, 1.165) is 11.3 Å². The Morgan fingerprint density at radius 1 is 0.905 bits per heavy atom. The van der Waals surface area contributed by atoms with Gasteiger partial charge in [-0.1, -0.05) is 47.5 Å². The number of hydrogen-bond acceptors (Lipinski definition) is 2. The molecular formula is C15H10Cl3N3. The van der Waals surface area contributed by atoms with Crippen LogP contribution in [0.5, 0.6) is 0 Å². The van der Waals surface area contributed by atoms with Crippen molar-refractivity contribution >= 4 is 34.8 Å². The minimum atomic E-state index is 0.260. The summed E-state index contributed by atoms with van der Waals surface area (Å²) < 4.78 is 1.58. The highest BCUT2D eigenvalue weighted by Gasteiger charge is 2.17. The molecule has 0 unspecified atom stereocenters. The van der Waals surface area contributed by atoms with E-state index in [9.17, 15) is 0 Å². The fourth-order valence-corrected chi connectivity index (χ4v) is 2.84. The molecule has 3 nitrogen and oxygen atoms in total. The standard InChI is InChI=1S/C15H10Cl3N3/c1-9-5-2-3-8-12(9)21-15(18)19-14(20-21)13-10(16)6-4-7-11(13)17/h2-8H,1H3. The summed E-state index contributed by atoms with van der Waals surface area (Å²) in [5.74, 6) is 0.402. The summed E-state index contributed by atoms with van der Waals surface area (Å²) in [6, 6.07) is 13.0. The van der Waals surface area contributed by atoms with Gasteiger partial charge in [-0.15, -0.1) is 5.10 Å². The highest BCUT2D eigenvalue weighted by atomic mass is 35.5. The topological polar surface area (TPSA) is 30.7 Å². The molecule has 21 heavy (non-hydrogen) atoms. The van der Waals surface area contributed by atoms with Gasteiger partial charge in [0.2, 0.25) is 5.28 Å². The number of aromatic nitrogens is 3. The lowest BCUT2D eigenvalue weighted by molar-refractivity contribution is 0.875. The second-order valence-electron chi connectivity index (χ2n) is 4.50. The Balaban J connectivity index is 2.17. The lowest BCUT2D eigenvalue weighted by Gasteiger charge is -2.05. The molecule has 0 fully saturated rings. The molecule has 0 saturated heterocycles. The molecule has 1 heterocycles. The van der Waals surface area contributed by atoms with E-state index in [1.165, 1.54) is 0 Å². The molecule has 6 heteroatoms. The number of rotatable bonds is 2. The zero-order chi connectivity index (χ0) is 15.0. The molecule has 0 radical (unpaired) electrons. The van der Waals surface area contributed by atoms with Crippen molar-refractivity contribution < 1.29 is 0 Å². The summed E-state index contributed by atoms with van der Waals surface area (Å²) in [4.78, 5) is 4.27. The molecule has 0 amide bonds. The van der Waals surface area contributed by atoms with Gasteiger partial charge < -0.3 is 0 Å². The van der Waals surface area contributed by atoms with Gasteiger partial charge in [0, 0.05) is 0 Å². The maximum Gasteiger partial charge on any atom is 0.226 e. The number of aryl methyl sites for hydroxylation is 1. The molecule has 0 spiro atoms. The fraction of sp³-hybridized carbons (Fsp3) is 0.0667. The predicted octanol–water partition coefficient (Wildman–Crippen LogP) is 5.20. The Labute approximate surface area is 137 Å².